The molecule has 3 aromatic heterocycles. The number of aromatic nitrogens is 3. The molecule has 3 heterocycles. The highest BCUT2D eigenvalue weighted by Crippen LogP contribution is 2.38. The van der Waals surface area contributed by atoms with Crippen molar-refractivity contribution in [3.8, 4) is 39.6 Å². The van der Waals surface area contributed by atoms with Crippen LogP contribution in [0.1, 0.15) is 0 Å². The first-order valence-electron chi connectivity index (χ1n) is 21.4. The number of hydrogen-bond donors (Lipinski definition) is 0. The van der Waals surface area contributed by atoms with Crippen LogP contribution in [-0.4, -0.2) is 22.6 Å². The van der Waals surface area contributed by atoms with Gasteiger partial charge in [0.05, 0.1) is 22.4 Å². The Morgan fingerprint density at radius 1 is 0.317 bits per heavy atom. The molecule has 296 valence electrons. The first-order chi connectivity index (χ1) is 31.2. The maximum absolute atomic E-state index is 5.54. The zero-order valence-electron chi connectivity index (χ0n) is 34.3. The van der Waals surface area contributed by atoms with Gasteiger partial charge in [0, 0.05) is 42.1 Å². The molecule has 12 aromatic rings. The minimum Gasteiger partial charge on any atom is -0.278 e. The molecular formula is C58H39N3SSi. The van der Waals surface area contributed by atoms with Crippen LogP contribution in [0.2, 0.25) is 0 Å². The summed E-state index contributed by atoms with van der Waals surface area (Å²) in [5.41, 5.74) is 8.42. The Balaban J connectivity index is 1.12. The van der Waals surface area contributed by atoms with Crippen molar-refractivity contribution in [1.29, 1.82) is 0 Å². The van der Waals surface area contributed by atoms with Gasteiger partial charge in [-0.15, -0.1) is 11.3 Å². The molecule has 3 nitrogen and oxygen atoms in total. The van der Waals surface area contributed by atoms with E-state index in [1.54, 1.807) is 0 Å². The van der Waals surface area contributed by atoms with Crippen LogP contribution in [0.4, 0.5) is 0 Å². The fourth-order valence-electron chi connectivity index (χ4n) is 9.70. The summed E-state index contributed by atoms with van der Waals surface area (Å²) in [5.74, 6) is 0.644. The van der Waals surface area contributed by atoms with Gasteiger partial charge in [-0.1, -0.05) is 200 Å². The van der Waals surface area contributed by atoms with E-state index in [4.69, 9.17) is 9.97 Å². The van der Waals surface area contributed by atoms with Gasteiger partial charge in [-0.3, -0.25) is 4.57 Å². The number of nitrogens with zero attached hydrogens (tertiary/aromatic N) is 3. The van der Waals surface area contributed by atoms with Gasteiger partial charge in [0.15, 0.2) is 8.07 Å². The second-order valence-corrected chi connectivity index (χ2v) is 21.0. The zero-order valence-corrected chi connectivity index (χ0v) is 36.1. The zero-order chi connectivity index (χ0) is 41.7. The van der Waals surface area contributed by atoms with Crippen molar-refractivity contribution in [3.05, 3.63) is 237 Å². The Bertz CT molecular complexity index is 3540. The van der Waals surface area contributed by atoms with Gasteiger partial charge in [0.2, 0.25) is 5.95 Å². The number of hydrogen-bond acceptors (Lipinski definition) is 3. The molecule has 0 amide bonds. The summed E-state index contributed by atoms with van der Waals surface area (Å²) in [5, 5.41) is 10.1. The molecule has 12 rings (SSSR count). The maximum atomic E-state index is 5.54. The molecule has 9 aromatic carbocycles. The molecule has 0 radical (unpaired) electrons. The van der Waals surface area contributed by atoms with Crippen LogP contribution in [0.25, 0.3) is 81.6 Å². The molecule has 5 heteroatoms. The highest BCUT2D eigenvalue weighted by Gasteiger charge is 2.41. The summed E-state index contributed by atoms with van der Waals surface area (Å²) in [4.78, 5) is 11.0. The van der Waals surface area contributed by atoms with Crippen LogP contribution in [0, 0.1) is 0 Å². The number of fused-ring (bicyclic) bond motifs is 6. The fourth-order valence-corrected chi connectivity index (χ4v) is 15.6. The smallest absolute Gasteiger partial charge is 0.235 e. The molecule has 0 spiro atoms. The molecule has 0 atom stereocenters. The third-order valence-corrected chi connectivity index (χ3v) is 18.5. The lowest BCUT2D eigenvalue weighted by Crippen LogP contribution is -2.74. The SMILES string of the molecule is c1ccc(-c2cccc([Si](c3ccccc3)(c3ccccc3)c3cccc(-c4cc(-c5ccc6sc7ccccc7c6c5)nc(-n5c6ccccc6c6ccccc65)n4)c3)c2)cc1. The first-order valence-corrected chi connectivity index (χ1v) is 24.2. The standard InChI is InChI=1S/C58H39N3SSi/c1-4-18-40(19-5-1)41-20-16-26-46(36-41)63(44-22-6-2-7-23-44,45-24-8-3-9-25-45)47-27-17-21-42(37-47)52-39-53(43-34-35-57-51(38-43)50-30-12-15-33-56(50)62-57)60-58(59-52)61-54-31-13-10-28-48(54)49-29-11-14-32-55(49)61/h1-39H. The van der Waals surface area contributed by atoms with Crippen LogP contribution < -0.4 is 20.7 Å². The minimum absolute atomic E-state index is 0.644. The summed E-state index contributed by atoms with van der Waals surface area (Å²) in [6.45, 7) is 0. The first kappa shape index (κ1) is 37.1. The largest absolute Gasteiger partial charge is 0.278 e. The van der Waals surface area contributed by atoms with E-state index >= 15 is 0 Å². The summed E-state index contributed by atoms with van der Waals surface area (Å²) in [7, 11) is -2.94. The van der Waals surface area contributed by atoms with E-state index in [-0.39, 0.29) is 0 Å². The lowest BCUT2D eigenvalue weighted by molar-refractivity contribution is 0.996. The van der Waals surface area contributed by atoms with Gasteiger partial charge in [0.25, 0.3) is 0 Å². The van der Waals surface area contributed by atoms with E-state index < -0.39 is 8.07 Å². The van der Waals surface area contributed by atoms with Gasteiger partial charge < -0.3 is 0 Å². The van der Waals surface area contributed by atoms with E-state index in [9.17, 15) is 0 Å². The highest BCUT2D eigenvalue weighted by atomic mass is 32.1. The van der Waals surface area contributed by atoms with Crippen molar-refractivity contribution in [3.63, 3.8) is 0 Å². The monoisotopic (exact) mass is 837 g/mol. The molecule has 0 aliphatic heterocycles. The Morgan fingerprint density at radius 2 is 0.778 bits per heavy atom. The molecule has 0 fully saturated rings. The molecule has 0 unspecified atom stereocenters. The number of rotatable bonds is 8. The fraction of sp³-hybridized carbons (Fsp3) is 0. The maximum Gasteiger partial charge on any atom is 0.235 e. The van der Waals surface area contributed by atoms with Crippen molar-refractivity contribution in [1.82, 2.24) is 14.5 Å². The predicted octanol–water partition coefficient (Wildman–Crippen LogP) is 12.3. The summed E-state index contributed by atoms with van der Waals surface area (Å²) in [6, 6.07) is 86.3. The molecular weight excluding hydrogens is 799 g/mol. The van der Waals surface area contributed by atoms with Crippen LogP contribution in [0.5, 0.6) is 0 Å². The third-order valence-electron chi connectivity index (χ3n) is 12.6. The lowest BCUT2D eigenvalue weighted by Gasteiger charge is -2.35. The number of para-hydroxylation sites is 2. The quantitative estimate of drug-likeness (QED) is 0.113. The molecule has 0 aliphatic carbocycles. The Kier molecular flexibility index (Phi) is 9.03. The average Bonchev–Trinajstić information content (AvgIpc) is 3.91. The van der Waals surface area contributed by atoms with Gasteiger partial charge >= 0.3 is 0 Å². The molecule has 0 bridgehead atoms. The molecule has 0 aliphatic rings. The van der Waals surface area contributed by atoms with Crippen molar-refractivity contribution in [2.75, 3.05) is 0 Å². The lowest BCUT2D eigenvalue weighted by atomic mass is 10.0. The second kappa shape index (κ2) is 15.3. The van der Waals surface area contributed by atoms with Crippen molar-refractivity contribution < 1.29 is 0 Å². The topological polar surface area (TPSA) is 30.7 Å². The number of benzene rings is 9. The molecule has 0 N–H and O–H groups in total. The van der Waals surface area contributed by atoms with Crippen LogP contribution in [-0.2, 0) is 0 Å². The van der Waals surface area contributed by atoms with Gasteiger partial charge in [-0.25, -0.2) is 9.97 Å². The second-order valence-electron chi connectivity index (χ2n) is 16.1. The third kappa shape index (κ3) is 6.24. The van der Waals surface area contributed by atoms with Crippen molar-refractivity contribution >= 4 is 82.1 Å². The van der Waals surface area contributed by atoms with Crippen LogP contribution in [0.3, 0.4) is 0 Å². The predicted molar refractivity (Wildman–Crippen MR) is 269 cm³/mol. The van der Waals surface area contributed by atoms with E-state index in [0.717, 1.165) is 33.5 Å². The van der Waals surface area contributed by atoms with Crippen LogP contribution in [0.15, 0.2) is 237 Å². The normalized spacial score (nSPS) is 11.8. The minimum atomic E-state index is -2.94. The number of thiophene rings is 1. The van der Waals surface area contributed by atoms with Crippen molar-refractivity contribution in [2.45, 2.75) is 0 Å². The van der Waals surface area contributed by atoms with Crippen LogP contribution >= 0.6 is 11.3 Å². The molecule has 0 saturated heterocycles. The highest BCUT2D eigenvalue weighted by molar-refractivity contribution is 7.25. The van der Waals surface area contributed by atoms with E-state index in [1.807, 2.05) is 11.3 Å². The van der Waals surface area contributed by atoms with Gasteiger partial charge in [0.1, 0.15) is 0 Å². The summed E-state index contributed by atoms with van der Waals surface area (Å²) >= 11 is 1.83. The Labute approximate surface area is 370 Å². The summed E-state index contributed by atoms with van der Waals surface area (Å²) in [6.07, 6.45) is 0. The van der Waals surface area contributed by atoms with E-state index in [0.29, 0.717) is 5.95 Å². The molecule has 0 saturated carbocycles. The Morgan fingerprint density at radius 3 is 1.41 bits per heavy atom. The van der Waals surface area contributed by atoms with E-state index in [1.165, 1.54) is 62.8 Å². The van der Waals surface area contributed by atoms with E-state index in [2.05, 4.69) is 241 Å². The van der Waals surface area contributed by atoms with Gasteiger partial charge in [-0.05, 0) is 68.3 Å². The average molecular weight is 838 g/mol. The van der Waals surface area contributed by atoms with Gasteiger partial charge in [-0.2, -0.15) is 0 Å². The summed E-state index contributed by atoms with van der Waals surface area (Å²) < 4.78 is 4.79. The van der Waals surface area contributed by atoms with Crippen molar-refractivity contribution in [2.24, 2.45) is 0 Å². The Hall–Kier alpha value is -7.70. The molecule has 63 heavy (non-hydrogen) atoms.